The summed E-state index contributed by atoms with van der Waals surface area (Å²) in [6.07, 6.45) is 1.64. The number of anilines is 2. The number of amides is 2. The van der Waals surface area contributed by atoms with Crippen LogP contribution in [-0.2, 0) is 6.54 Å². The second kappa shape index (κ2) is 7.39. The zero-order valence-electron chi connectivity index (χ0n) is 15.5. The first-order chi connectivity index (χ1) is 13.8. The number of carbonyl (C=O) groups excluding carboxylic acids is 1. The van der Waals surface area contributed by atoms with Gasteiger partial charge in [0.15, 0.2) is 0 Å². The SMILES string of the molecule is CN1Cc2occc2C(N)=C1c1ccc(N(C(N)=O)c2cc(Cl)cc(Cl)c2)cc1. The van der Waals surface area contributed by atoms with Crippen molar-refractivity contribution in [1.29, 1.82) is 0 Å². The molecule has 0 unspecified atom stereocenters. The molecule has 29 heavy (non-hydrogen) atoms. The van der Waals surface area contributed by atoms with Gasteiger partial charge < -0.3 is 20.8 Å². The molecule has 1 aromatic heterocycles. The lowest BCUT2D eigenvalue weighted by atomic mass is 10.0. The minimum atomic E-state index is -0.646. The zero-order chi connectivity index (χ0) is 20.7. The van der Waals surface area contributed by atoms with E-state index < -0.39 is 6.03 Å². The van der Waals surface area contributed by atoms with Gasteiger partial charge in [-0.25, -0.2) is 4.79 Å². The van der Waals surface area contributed by atoms with Gasteiger partial charge in [0.25, 0.3) is 0 Å². The first kappa shape index (κ1) is 19.2. The lowest BCUT2D eigenvalue weighted by Gasteiger charge is -2.29. The summed E-state index contributed by atoms with van der Waals surface area (Å²) in [4.78, 5) is 15.5. The Kier molecular flexibility index (Phi) is 4.90. The number of hydrogen-bond acceptors (Lipinski definition) is 4. The van der Waals surface area contributed by atoms with E-state index in [4.69, 9.17) is 39.1 Å². The molecule has 0 bridgehead atoms. The van der Waals surface area contributed by atoms with Crippen LogP contribution in [-0.4, -0.2) is 18.0 Å². The molecule has 3 aromatic rings. The van der Waals surface area contributed by atoms with E-state index in [-0.39, 0.29) is 0 Å². The van der Waals surface area contributed by atoms with Crippen molar-refractivity contribution in [3.63, 3.8) is 0 Å². The summed E-state index contributed by atoms with van der Waals surface area (Å²) in [6, 6.07) is 13.4. The molecular weight excluding hydrogens is 411 g/mol. The molecule has 6 nitrogen and oxygen atoms in total. The Morgan fingerprint density at radius 2 is 1.72 bits per heavy atom. The highest BCUT2D eigenvalue weighted by Gasteiger charge is 2.24. The van der Waals surface area contributed by atoms with Crippen LogP contribution in [0.25, 0.3) is 11.4 Å². The summed E-state index contributed by atoms with van der Waals surface area (Å²) < 4.78 is 5.49. The largest absolute Gasteiger partial charge is 0.467 e. The number of hydrogen-bond donors (Lipinski definition) is 2. The number of furan rings is 1. The highest BCUT2D eigenvalue weighted by Crippen LogP contribution is 2.36. The fraction of sp³-hybridized carbons (Fsp3) is 0.0952. The van der Waals surface area contributed by atoms with Crippen LogP contribution in [0.2, 0.25) is 10.0 Å². The minimum Gasteiger partial charge on any atom is -0.467 e. The fourth-order valence-corrected chi connectivity index (χ4v) is 4.06. The number of fused-ring (bicyclic) bond motifs is 1. The van der Waals surface area contributed by atoms with E-state index in [1.807, 2.05) is 30.1 Å². The molecule has 2 heterocycles. The molecule has 4 N–H and O–H groups in total. The average Bonchev–Trinajstić information content (AvgIpc) is 3.10. The molecule has 2 aromatic carbocycles. The Labute approximate surface area is 177 Å². The van der Waals surface area contributed by atoms with Crippen LogP contribution in [0.5, 0.6) is 0 Å². The number of primary amides is 1. The van der Waals surface area contributed by atoms with E-state index in [1.54, 1.807) is 36.6 Å². The molecule has 0 saturated carbocycles. The van der Waals surface area contributed by atoms with Gasteiger partial charge in [-0.05, 0) is 36.4 Å². The van der Waals surface area contributed by atoms with Crippen LogP contribution in [0.4, 0.5) is 16.2 Å². The van der Waals surface area contributed by atoms with Crippen LogP contribution in [0.1, 0.15) is 16.9 Å². The Morgan fingerprint density at radius 3 is 2.34 bits per heavy atom. The second-order valence-corrected chi connectivity index (χ2v) is 7.60. The standard InChI is InChI=1S/C21H18Cl2N4O2/c1-26-11-18-17(6-7-29-18)19(24)20(26)12-2-4-15(5-3-12)27(21(25)28)16-9-13(22)8-14(23)10-16/h2-10H,11,24H2,1H3,(H2,25,28). The monoisotopic (exact) mass is 428 g/mol. The molecule has 0 spiro atoms. The van der Waals surface area contributed by atoms with Gasteiger partial charge in [0, 0.05) is 28.2 Å². The Balaban J connectivity index is 1.73. The molecule has 0 atom stereocenters. The maximum Gasteiger partial charge on any atom is 0.323 e. The Hall–Kier alpha value is -3.09. The Morgan fingerprint density at radius 1 is 1.07 bits per heavy atom. The van der Waals surface area contributed by atoms with Crippen molar-refractivity contribution in [1.82, 2.24) is 4.90 Å². The van der Waals surface area contributed by atoms with E-state index in [2.05, 4.69) is 0 Å². The van der Waals surface area contributed by atoms with E-state index in [0.717, 1.165) is 22.6 Å². The van der Waals surface area contributed by atoms with E-state index in [1.165, 1.54) is 4.90 Å². The van der Waals surface area contributed by atoms with Gasteiger partial charge in [-0.15, -0.1) is 0 Å². The van der Waals surface area contributed by atoms with E-state index in [0.29, 0.717) is 33.7 Å². The number of carbonyl (C=O) groups is 1. The third-order valence-corrected chi connectivity index (χ3v) is 5.21. The number of halogens is 2. The molecular formula is C21H18Cl2N4O2. The predicted octanol–water partition coefficient (Wildman–Crippen LogP) is 5.03. The summed E-state index contributed by atoms with van der Waals surface area (Å²) in [5.74, 6) is 0.836. The highest BCUT2D eigenvalue weighted by molar-refractivity contribution is 6.35. The van der Waals surface area contributed by atoms with Crippen LogP contribution < -0.4 is 16.4 Å². The third-order valence-electron chi connectivity index (χ3n) is 4.78. The number of nitrogens with two attached hydrogens (primary N) is 2. The van der Waals surface area contributed by atoms with Gasteiger partial charge in [-0.1, -0.05) is 35.3 Å². The van der Waals surface area contributed by atoms with E-state index in [9.17, 15) is 4.79 Å². The molecule has 2 amide bonds. The number of nitrogens with zero attached hydrogens (tertiary/aromatic N) is 2. The molecule has 148 valence electrons. The van der Waals surface area contributed by atoms with Gasteiger partial charge in [0.2, 0.25) is 0 Å². The van der Waals surface area contributed by atoms with Crippen LogP contribution >= 0.6 is 23.2 Å². The van der Waals surface area contributed by atoms with Crippen LogP contribution in [0, 0.1) is 0 Å². The first-order valence-electron chi connectivity index (χ1n) is 8.79. The maximum absolute atomic E-state index is 12.1. The van der Waals surface area contributed by atoms with Crippen molar-refractivity contribution in [3.8, 4) is 0 Å². The van der Waals surface area contributed by atoms with Crippen molar-refractivity contribution in [2.75, 3.05) is 11.9 Å². The van der Waals surface area contributed by atoms with E-state index >= 15 is 0 Å². The van der Waals surface area contributed by atoms with Gasteiger partial charge in [0.1, 0.15) is 5.76 Å². The minimum absolute atomic E-state index is 0.410. The third kappa shape index (κ3) is 3.52. The number of benzene rings is 2. The fourth-order valence-electron chi connectivity index (χ4n) is 3.55. The molecule has 0 saturated heterocycles. The summed E-state index contributed by atoms with van der Waals surface area (Å²) in [5.41, 5.74) is 16.4. The van der Waals surface area contributed by atoms with Gasteiger partial charge in [0.05, 0.1) is 35.6 Å². The average molecular weight is 429 g/mol. The number of rotatable bonds is 3. The molecule has 0 radical (unpaired) electrons. The normalized spacial score (nSPS) is 13.4. The highest BCUT2D eigenvalue weighted by atomic mass is 35.5. The molecule has 0 fully saturated rings. The second-order valence-electron chi connectivity index (χ2n) is 6.72. The first-order valence-corrected chi connectivity index (χ1v) is 9.54. The van der Waals surface area contributed by atoms with Crippen molar-refractivity contribution in [3.05, 3.63) is 81.7 Å². The molecule has 0 aliphatic carbocycles. The lowest BCUT2D eigenvalue weighted by Crippen LogP contribution is -2.31. The topological polar surface area (TPSA) is 88.7 Å². The molecule has 8 heteroatoms. The summed E-state index contributed by atoms with van der Waals surface area (Å²) in [6.45, 7) is 0.620. The van der Waals surface area contributed by atoms with Crippen molar-refractivity contribution >= 4 is 52.0 Å². The quantitative estimate of drug-likeness (QED) is 0.611. The van der Waals surface area contributed by atoms with Crippen molar-refractivity contribution in [2.45, 2.75) is 6.54 Å². The summed E-state index contributed by atoms with van der Waals surface area (Å²) in [7, 11) is 1.95. The van der Waals surface area contributed by atoms with Gasteiger partial charge in [-0.2, -0.15) is 0 Å². The molecule has 4 rings (SSSR count). The smallest absolute Gasteiger partial charge is 0.323 e. The number of urea groups is 1. The predicted molar refractivity (Wildman–Crippen MR) is 116 cm³/mol. The van der Waals surface area contributed by atoms with Crippen LogP contribution in [0.3, 0.4) is 0 Å². The molecule has 1 aliphatic heterocycles. The Bertz CT molecular complexity index is 1100. The molecule has 1 aliphatic rings. The van der Waals surface area contributed by atoms with Gasteiger partial charge in [-0.3, -0.25) is 4.90 Å². The van der Waals surface area contributed by atoms with Gasteiger partial charge >= 0.3 is 6.03 Å². The van der Waals surface area contributed by atoms with Crippen LogP contribution in [0.15, 0.2) is 59.2 Å². The lowest BCUT2D eigenvalue weighted by molar-refractivity contribution is 0.256. The van der Waals surface area contributed by atoms with Crippen molar-refractivity contribution in [2.24, 2.45) is 11.5 Å². The summed E-state index contributed by atoms with van der Waals surface area (Å²) in [5, 5.41) is 0.820. The maximum atomic E-state index is 12.1. The zero-order valence-corrected chi connectivity index (χ0v) is 17.0. The summed E-state index contributed by atoms with van der Waals surface area (Å²) >= 11 is 12.2. The van der Waals surface area contributed by atoms with Crippen molar-refractivity contribution < 1.29 is 9.21 Å².